The third-order valence-electron chi connectivity index (χ3n) is 6.05. The Morgan fingerprint density at radius 2 is 1.74 bits per heavy atom. The summed E-state index contributed by atoms with van der Waals surface area (Å²) in [5.41, 5.74) is 6.39. The van der Waals surface area contributed by atoms with E-state index in [-0.39, 0.29) is 24.1 Å². The smallest absolute Gasteiger partial charge is 0.308 e. The molecule has 0 fully saturated rings. The molecule has 1 unspecified atom stereocenters. The second-order valence-electron chi connectivity index (χ2n) is 9.78. The number of esters is 1. The van der Waals surface area contributed by atoms with Gasteiger partial charge in [-0.25, -0.2) is 0 Å². The number of carbonyl (C=O) groups excluding carboxylic acids is 1. The van der Waals surface area contributed by atoms with E-state index in [1.165, 1.54) is 11.1 Å². The van der Waals surface area contributed by atoms with Crippen LogP contribution in [0.25, 0.3) is 0 Å². The fraction of sp³-hybridized carbons (Fsp3) is 0.452. The number of hydrogen-bond donors (Lipinski definition) is 1. The van der Waals surface area contributed by atoms with Crippen molar-refractivity contribution in [1.82, 2.24) is 0 Å². The zero-order chi connectivity index (χ0) is 25.8. The highest BCUT2D eigenvalue weighted by molar-refractivity contribution is 5.70. The van der Waals surface area contributed by atoms with Crippen molar-refractivity contribution in [1.29, 1.82) is 0 Å². The Morgan fingerprint density at radius 1 is 1.03 bits per heavy atom. The summed E-state index contributed by atoms with van der Waals surface area (Å²) in [6, 6.07) is 13.7. The number of carbonyl (C=O) groups is 1. The van der Waals surface area contributed by atoms with Gasteiger partial charge in [-0.05, 0) is 80.8 Å². The molecule has 0 aliphatic carbocycles. The Labute approximate surface area is 211 Å². The van der Waals surface area contributed by atoms with Gasteiger partial charge in [0.05, 0.1) is 25.7 Å². The normalized spacial score (nSPS) is 12.5. The molecule has 0 spiro atoms. The lowest BCUT2D eigenvalue weighted by atomic mass is 9.93. The lowest BCUT2D eigenvalue weighted by molar-refractivity contribution is -0.146. The van der Waals surface area contributed by atoms with Crippen molar-refractivity contribution in [2.45, 2.75) is 79.2 Å². The van der Waals surface area contributed by atoms with E-state index in [2.05, 4.69) is 32.9 Å². The molecular weight excluding hydrogens is 436 g/mol. The second kappa shape index (κ2) is 14.5. The fourth-order valence-corrected chi connectivity index (χ4v) is 3.93. The maximum atomic E-state index is 12.7. The van der Waals surface area contributed by atoms with Gasteiger partial charge in [-0.15, -0.1) is 0 Å². The number of ether oxygens (including phenoxy) is 2. The molecule has 2 aromatic rings. The first-order valence-corrected chi connectivity index (χ1v) is 12.6. The molecule has 0 bridgehead atoms. The van der Waals surface area contributed by atoms with E-state index in [1.54, 1.807) is 6.07 Å². The van der Waals surface area contributed by atoms with Gasteiger partial charge in [-0.2, -0.15) is 0 Å². The Morgan fingerprint density at radius 3 is 2.40 bits per heavy atom. The molecule has 0 saturated carbocycles. The molecule has 0 radical (unpaired) electrons. The summed E-state index contributed by atoms with van der Waals surface area (Å²) in [6.45, 7) is 13.1. The van der Waals surface area contributed by atoms with E-state index < -0.39 is 6.10 Å². The highest BCUT2D eigenvalue weighted by Gasteiger charge is 2.22. The SMILES string of the molecule is CC(C)=CCC/C(C)=C/COC(CC(=O)OCCc1ccccc1)c1cc(C(C)C)c(O)cc1C. The van der Waals surface area contributed by atoms with Crippen LogP contribution in [0.1, 0.15) is 88.2 Å². The van der Waals surface area contributed by atoms with E-state index >= 15 is 0 Å². The fourth-order valence-electron chi connectivity index (χ4n) is 3.93. The minimum Gasteiger partial charge on any atom is -0.508 e. The molecule has 4 nitrogen and oxygen atoms in total. The summed E-state index contributed by atoms with van der Waals surface area (Å²) in [5.74, 6) is 0.152. The summed E-state index contributed by atoms with van der Waals surface area (Å²) in [7, 11) is 0. The Kier molecular flexibility index (Phi) is 11.8. The molecule has 190 valence electrons. The predicted molar refractivity (Wildman–Crippen MR) is 144 cm³/mol. The van der Waals surface area contributed by atoms with Crippen molar-refractivity contribution in [2.24, 2.45) is 0 Å². The minimum absolute atomic E-state index is 0.128. The van der Waals surface area contributed by atoms with Crippen LogP contribution in [0, 0.1) is 6.92 Å². The number of hydrogen-bond acceptors (Lipinski definition) is 4. The van der Waals surface area contributed by atoms with Crippen LogP contribution in [-0.4, -0.2) is 24.3 Å². The van der Waals surface area contributed by atoms with Crippen LogP contribution >= 0.6 is 0 Å². The van der Waals surface area contributed by atoms with Crippen LogP contribution in [0.4, 0.5) is 0 Å². The van der Waals surface area contributed by atoms with Crippen molar-refractivity contribution in [3.05, 3.63) is 88.0 Å². The minimum atomic E-state index is -0.445. The number of phenolic OH excluding ortho intramolecular Hbond substituents is 1. The van der Waals surface area contributed by atoms with Crippen LogP contribution in [-0.2, 0) is 20.7 Å². The van der Waals surface area contributed by atoms with Gasteiger partial charge in [-0.3, -0.25) is 4.79 Å². The van der Waals surface area contributed by atoms with E-state index in [4.69, 9.17) is 9.47 Å². The summed E-state index contributed by atoms with van der Waals surface area (Å²) >= 11 is 0. The summed E-state index contributed by atoms with van der Waals surface area (Å²) in [4.78, 5) is 12.7. The topological polar surface area (TPSA) is 55.8 Å². The Bertz CT molecular complexity index is 998. The molecule has 2 aromatic carbocycles. The molecule has 0 heterocycles. The molecular formula is C31H42O4. The van der Waals surface area contributed by atoms with Crippen molar-refractivity contribution in [2.75, 3.05) is 13.2 Å². The number of benzene rings is 2. The van der Waals surface area contributed by atoms with Gasteiger partial charge in [-0.1, -0.05) is 67.5 Å². The molecule has 4 heteroatoms. The van der Waals surface area contributed by atoms with Crippen molar-refractivity contribution in [3.8, 4) is 5.75 Å². The number of allylic oxidation sites excluding steroid dienone is 3. The number of rotatable bonds is 13. The predicted octanol–water partition coefficient (Wildman–Crippen LogP) is 7.75. The van der Waals surface area contributed by atoms with Gasteiger partial charge in [0, 0.05) is 6.42 Å². The van der Waals surface area contributed by atoms with Crippen molar-refractivity contribution < 1.29 is 19.4 Å². The average Bonchev–Trinajstić information content (AvgIpc) is 2.79. The van der Waals surface area contributed by atoms with Crippen LogP contribution in [0.3, 0.4) is 0 Å². The zero-order valence-corrected chi connectivity index (χ0v) is 22.3. The largest absolute Gasteiger partial charge is 0.508 e. The molecule has 0 amide bonds. The summed E-state index contributed by atoms with van der Waals surface area (Å²) < 4.78 is 11.8. The summed E-state index contributed by atoms with van der Waals surface area (Å²) in [6.07, 6.45) is 6.68. The van der Waals surface area contributed by atoms with Gasteiger partial charge >= 0.3 is 5.97 Å². The monoisotopic (exact) mass is 478 g/mol. The molecule has 1 atom stereocenters. The second-order valence-corrected chi connectivity index (χ2v) is 9.78. The van der Waals surface area contributed by atoms with Crippen LogP contribution in [0.5, 0.6) is 5.75 Å². The van der Waals surface area contributed by atoms with Gasteiger partial charge in [0.25, 0.3) is 0 Å². The maximum absolute atomic E-state index is 12.7. The van der Waals surface area contributed by atoms with E-state index in [9.17, 15) is 9.90 Å². The van der Waals surface area contributed by atoms with Crippen LogP contribution in [0.2, 0.25) is 0 Å². The molecule has 0 aromatic heterocycles. The third-order valence-corrected chi connectivity index (χ3v) is 6.05. The van der Waals surface area contributed by atoms with E-state index in [0.29, 0.717) is 19.6 Å². The van der Waals surface area contributed by atoms with Gasteiger partial charge in [0.1, 0.15) is 5.75 Å². The molecule has 1 N–H and O–H groups in total. The summed E-state index contributed by atoms with van der Waals surface area (Å²) in [5, 5.41) is 10.4. The van der Waals surface area contributed by atoms with E-state index in [0.717, 1.165) is 35.1 Å². The molecule has 0 saturated heterocycles. The maximum Gasteiger partial charge on any atom is 0.308 e. The standard InChI is InChI=1S/C31H42O4/c1-22(2)11-10-12-24(5)15-17-34-30(28-20-27(23(3)4)29(32)19-25(28)6)21-31(33)35-18-16-26-13-8-7-9-14-26/h7-9,11,13-15,19-20,23,30,32H,10,12,16-18,21H2,1-6H3/b24-15+. The van der Waals surface area contributed by atoms with Gasteiger partial charge in [0.15, 0.2) is 0 Å². The number of aryl methyl sites for hydroxylation is 1. The lowest BCUT2D eigenvalue weighted by Gasteiger charge is -2.22. The van der Waals surface area contributed by atoms with Crippen molar-refractivity contribution >= 4 is 5.97 Å². The average molecular weight is 479 g/mol. The van der Waals surface area contributed by atoms with Crippen LogP contribution in [0.15, 0.2) is 65.8 Å². The highest BCUT2D eigenvalue weighted by Crippen LogP contribution is 2.34. The molecule has 35 heavy (non-hydrogen) atoms. The first-order valence-electron chi connectivity index (χ1n) is 12.6. The first-order chi connectivity index (χ1) is 16.7. The van der Waals surface area contributed by atoms with E-state index in [1.807, 2.05) is 57.2 Å². The molecule has 2 rings (SSSR count). The Balaban J connectivity index is 2.10. The Hall–Kier alpha value is -2.85. The third kappa shape index (κ3) is 10.1. The lowest BCUT2D eigenvalue weighted by Crippen LogP contribution is -2.16. The highest BCUT2D eigenvalue weighted by atomic mass is 16.5. The number of phenols is 1. The van der Waals surface area contributed by atoms with Crippen molar-refractivity contribution in [3.63, 3.8) is 0 Å². The molecule has 0 aliphatic rings. The van der Waals surface area contributed by atoms with Crippen LogP contribution < -0.4 is 0 Å². The first kappa shape index (κ1) is 28.4. The van der Waals surface area contributed by atoms with Gasteiger partial charge < -0.3 is 14.6 Å². The number of aromatic hydroxyl groups is 1. The van der Waals surface area contributed by atoms with Gasteiger partial charge in [0.2, 0.25) is 0 Å². The molecule has 0 aliphatic heterocycles. The quantitative estimate of drug-likeness (QED) is 0.236. The zero-order valence-electron chi connectivity index (χ0n) is 22.3.